The van der Waals surface area contributed by atoms with Crippen LogP contribution in [0, 0.1) is 46.8 Å². The van der Waals surface area contributed by atoms with Crippen LogP contribution in [0.5, 0.6) is 0 Å². The molecule has 1 aromatic heterocycles. The highest BCUT2D eigenvalue weighted by molar-refractivity contribution is 5.67. The number of hydrogen-bond acceptors (Lipinski definition) is 4. The molecule has 0 spiro atoms. The summed E-state index contributed by atoms with van der Waals surface area (Å²) in [7, 11) is 0. The molecule has 4 aromatic rings. The van der Waals surface area contributed by atoms with Gasteiger partial charge in [-0.3, -0.25) is 0 Å². The van der Waals surface area contributed by atoms with E-state index in [9.17, 15) is 5.26 Å². The summed E-state index contributed by atoms with van der Waals surface area (Å²) in [6, 6.07) is 28.4. The van der Waals surface area contributed by atoms with Gasteiger partial charge >= 0.3 is 0 Å². The van der Waals surface area contributed by atoms with Crippen LogP contribution in [-0.2, 0) is 10.8 Å². The third-order valence-corrected chi connectivity index (χ3v) is 13.5. The largest absolute Gasteiger partial charge is 0.208 e. The highest BCUT2D eigenvalue weighted by atomic mass is 15.0. The number of hydrogen-bond donors (Lipinski definition) is 0. The molecule has 0 atom stereocenters. The third-order valence-electron chi connectivity index (χ3n) is 13.5. The van der Waals surface area contributed by atoms with E-state index in [0.717, 1.165) is 63.8 Å². The van der Waals surface area contributed by atoms with Gasteiger partial charge in [-0.2, -0.15) is 5.26 Å². The molecule has 8 bridgehead atoms. The zero-order chi connectivity index (χ0) is 30.5. The van der Waals surface area contributed by atoms with E-state index < -0.39 is 0 Å². The highest BCUT2D eigenvalue weighted by Crippen LogP contribution is 2.62. The molecule has 3 aromatic carbocycles. The number of nitriles is 1. The molecule has 8 aliphatic rings. The fourth-order valence-corrected chi connectivity index (χ4v) is 12.3. The van der Waals surface area contributed by atoms with Crippen molar-refractivity contribution in [3.8, 4) is 40.2 Å². The Morgan fingerprint density at radius 3 is 1.35 bits per heavy atom. The van der Waals surface area contributed by atoms with E-state index in [-0.39, 0.29) is 0 Å². The Morgan fingerprint density at radius 2 is 0.891 bits per heavy atom. The molecule has 0 N–H and O–H groups in total. The lowest BCUT2D eigenvalue weighted by Crippen LogP contribution is -2.48. The van der Waals surface area contributed by atoms with Crippen LogP contribution in [0.15, 0.2) is 72.8 Å². The van der Waals surface area contributed by atoms with Gasteiger partial charge in [0.1, 0.15) is 0 Å². The predicted molar refractivity (Wildman–Crippen MR) is 181 cm³/mol. The molecular formula is C42H42N4. The minimum absolute atomic E-state index is 0.323. The van der Waals surface area contributed by atoms with Gasteiger partial charge in [0.2, 0.25) is 0 Å². The van der Waals surface area contributed by atoms with Gasteiger partial charge < -0.3 is 0 Å². The zero-order valence-electron chi connectivity index (χ0n) is 26.7. The van der Waals surface area contributed by atoms with Crippen molar-refractivity contribution in [2.75, 3.05) is 0 Å². The van der Waals surface area contributed by atoms with E-state index in [1.54, 1.807) is 0 Å². The minimum Gasteiger partial charge on any atom is -0.208 e. The van der Waals surface area contributed by atoms with Crippen LogP contribution in [0.2, 0.25) is 0 Å². The third kappa shape index (κ3) is 4.41. The van der Waals surface area contributed by atoms with E-state index in [4.69, 9.17) is 15.0 Å². The van der Waals surface area contributed by atoms with Gasteiger partial charge in [0, 0.05) is 16.7 Å². The Morgan fingerprint density at radius 1 is 0.478 bits per heavy atom. The first-order valence-electron chi connectivity index (χ1n) is 18.0. The first kappa shape index (κ1) is 27.3. The molecule has 0 amide bonds. The quantitative estimate of drug-likeness (QED) is 0.228. The molecule has 0 unspecified atom stereocenters. The number of benzene rings is 3. The minimum atomic E-state index is 0.323. The second-order valence-electron chi connectivity index (χ2n) is 16.5. The summed E-state index contributed by atoms with van der Waals surface area (Å²) < 4.78 is 0. The van der Waals surface area contributed by atoms with Crippen LogP contribution in [0.25, 0.3) is 34.2 Å². The van der Waals surface area contributed by atoms with Crippen molar-refractivity contribution in [3.05, 3.63) is 89.5 Å². The Hall–Kier alpha value is -3.84. The van der Waals surface area contributed by atoms with E-state index in [0.29, 0.717) is 22.2 Å². The molecule has 46 heavy (non-hydrogen) atoms. The van der Waals surface area contributed by atoms with Crippen molar-refractivity contribution in [2.24, 2.45) is 35.5 Å². The average Bonchev–Trinajstić information content (AvgIpc) is 3.07. The summed E-state index contributed by atoms with van der Waals surface area (Å²) in [5.41, 5.74) is 7.40. The predicted octanol–water partition coefficient (Wildman–Crippen LogP) is 9.68. The SMILES string of the molecule is N#Cc1ccc(-c2nc(-c3ccc(C45CC6CC(CC(C6)C4)C5)cc3)nc(-c3cccc(C45CC6CC(CC(C6)C4)C5)c3)n2)cc1. The summed E-state index contributed by atoms with van der Waals surface area (Å²) >= 11 is 0. The topological polar surface area (TPSA) is 62.5 Å². The van der Waals surface area contributed by atoms with Crippen LogP contribution in [-0.4, -0.2) is 15.0 Å². The van der Waals surface area contributed by atoms with Gasteiger partial charge in [-0.05, 0) is 165 Å². The van der Waals surface area contributed by atoms with E-state index in [1.165, 1.54) is 88.2 Å². The normalized spacial score (nSPS) is 34.9. The maximum atomic E-state index is 9.40. The monoisotopic (exact) mass is 602 g/mol. The first-order valence-corrected chi connectivity index (χ1v) is 18.0. The molecule has 1 heterocycles. The van der Waals surface area contributed by atoms with E-state index in [2.05, 4.69) is 54.6 Å². The van der Waals surface area contributed by atoms with Crippen molar-refractivity contribution in [1.29, 1.82) is 5.26 Å². The Labute approximate surface area is 272 Å². The molecule has 8 saturated carbocycles. The standard InChI is InChI=1S/C42H42N4/c43-25-26-4-6-33(7-5-26)38-44-39(34-8-10-36(11-9-34)41-19-27-12-28(20-41)14-29(13-27)21-41)46-40(45-38)35-2-1-3-37(18-35)42-22-30-15-31(23-42)17-32(16-30)24-42/h1-11,18,27-32H,12-17,19-24H2. The van der Waals surface area contributed by atoms with Crippen molar-refractivity contribution < 1.29 is 0 Å². The number of nitrogens with zero attached hydrogens (tertiary/aromatic N) is 4. The van der Waals surface area contributed by atoms with E-state index in [1.807, 2.05) is 24.3 Å². The van der Waals surface area contributed by atoms with Gasteiger partial charge in [-0.25, -0.2) is 15.0 Å². The fraction of sp³-hybridized carbons (Fsp3) is 0.476. The second-order valence-corrected chi connectivity index (χ2v) is 16.5. The van der Waals surface area contributed by atoms with Gasteiger partial charge in [-0.15, -0.1) is 0 Å². The first-order chi connectivity index (χ1) is 22.5. The summed E-state index contributed by atoms with van der Waals surface area (Å²) in [4.78, 5) is 15.3. The molecular weight excluding hydrogens is 560 g/mol. The number of aromatic nitrogens is 3. The molecule has 4 heteroatoms. The summed E-state index contributed by atoms with van der Waals surface area (Å²) in [5, 5.41) is 9.40. The van der Waals surface area contributed by atoms with Crippen molar-refractivity contribution in [2.45, 2.75) is 87.9 Å². The fourth-order valence-electron chi connectivity index (χ4n) is 12.3. The van der Waals surface area contributed by atoms with Crippen molar-refractivity contribution in [1.82, 2.24) is 15.0 Å². The molecule has 4 nitrogen and oxygen atoms in total. The van der Waals surface area contributed by atoms with Crippen molar-refractivity contribution in [3.63, 3.8) is 0 Å². The van der Waals surface area contributed by atoms with E-state index >= 15 is 0 Å². The maximum absolute atomic E-state index is 9.40. The second kappa shape index (κ2) is 10.1. The Bertz CT molecular complexity index is 1790. The lowest BCUT2D eigenvalue weighted by molar-refractivity contribution is -0.00529. The zero-order valence-corrected chi connectivity index (χ0v) is 26.7. The average molecular weight is 603 g/mol. The lowest BCUT2D eigenvalue weighted by Gasteiger charge is -2.57. The molecule has 12 rings (SSSR count). The van der Waals surface area contributed by atoms with Gasteiger partial charge in [-0.1, -0.05) is 42.5 Å². The molecule has 8 fully saturated rings. The van der Waals surface area contributed by atoms with Crippen LogP contribution in [0.1, 0.15) is 93.7 Å². The molecule has 230 valence electrons. The smallest absolute Gasteiger partial charge is 0.164 e. The van der Waals surface area contributed by atoms with Crippen LogP contribution in [0.4, 0.5) is 0 Å². The van der Waals surface area contributed by atoms with Gasteiger partial charge in [0.15, 0.2) is 17.5 Å². The van der Waals surface area contributed by atoms with Gasteiger partial charge in [0.25, 0.3) is 0 Å². The van der Waals surface area contributed by atoms with Crippen LogP contribution >= 0.6 is 0 Å². The summed E-state index contributed by atoms with van der Waals surface area (Å²) in [6.45, 7) is 0. The van der Waals surface area contributed by atoms with Crippen molar-refractivity contribution >= 4 is 0 Å². The van der Waals surface area contributed by atoms with Gasteiger partial charge in [0.05, 0.1) is 11.6 Å². The lowest BCUT2D eigenvalue weighted by atomic mass is 9.48. The van der Waals surface area contributed by atoms with Crippen LogP contribution < -0.4 is 0 Å². The molecule has 0 radical (unpaired) electrons. The Balaban J connectivity index is 1.04. The Kier molecular flexibility index (Phi) is 5.98. The maximum Gasteiger partial charge on any atom is 0.164 e. The number of rotatable bonds is 5. The van der Waals surface area contributed by atoms with Crippen LogP contribution in [0.3, 0.4) is 0 Å². The molecule has 8 aliphatic carbocycles. The molecule has 0 aliphatic heterocycles. The summed E-state index contributed by atoms with van der Waals surface area (Å²) in [6.07, 6.45) is 16.9. The summed E-state index contributed by atoms with van der Waals surface area (Å²) in [5.74, 6) is 7.63. The molecule has 0 saturated heterocycles. The highest BCUT2D eigenvalue weighted by Gasteiger charge is 2.52.